The first-order valence-electron chi connectivity index (χ1n) is 10.5. The van der Waals surface area contributed by atoms with Gasteiger partial charge in [-0.05, 0) is 43.9 Å². The molecule has 0 bridgehead atoms. The fourth-order valence-electron chi connectivity index (χ4n) is 4.61. The highest BCUT2D eigenvalue weighted by atomic mass is 32.1. The van der Waals surface area contributed by atoms with Gasteiger partial charge in [0.1, 0.15) is 0 Å². The average molecular weight is 410 g/mol. The van der Waals surface area contributed by atoms with Crippen LogP contribution in [0.4, 0.5) is 0 Å². The second-order valence-corrected chi connectivity index (χ2v) is 10.2. The molecule has 2 heterocycles. The third-order valence-electron chi connectivity index (χ3n) is 6.91. The van der Waals surface area contributed by atoms with Gasteiger partial charge in [-0.1, -0.05) is 66.7 Å². The molecule has 148 valence electrons. The number of benzene rings is 4. The second-order valence-electron chi connectivity index (χ2n) is 9.21. The standard InChI is InChI=1S/C26H23BO2S/c1-25(2)26(3,4)29-27(28-25)21-15-9-14-20-22-18-12-7-5-10-16(18)17-11-6-8-13-19(17)24(22)30-23(20)21/h5-15H,1-4H3. The predicted molar refractivity (Wildman–Crippen MR) is 130 cm³/mol. The predicted octanol–water partition coefficient (Wildman–Crippen LogP) is 6.66. The fourth-order valence-corrected chi connectivity index (χ4v) is 5.98. The molecule has 4 heteroatoms. The van der Waals surface area contributed by atoms with Crippen LogP contribution in [0, 0.1) is 0 Å². The Kier molecular flexibility index (Phi) is 3.72. The number of hydrogen-bond acceptors (Lipinski definition) is 3. The van der Waals surface area contributed by atoms with Gasteiger partial charge in [-0.15, -0.1) is 11.3 Å². The van der Waals surface area contributed by atoms with E-state index in [4.69, 9.17) is 9.31 Å². The van der Waals surface area contributed by atoms with Gasteiger partial charge < -0.3 is 9.31 Å². The lowest BCUT2D eigenvalue weighted by molar-refractivity contribution is 0.00578. The maximum absolute atomic E-state index is 6.41. The zero-order chi connectivity index (χ0) is 20.7. The molecule has 0 aliphatic carbocycles. The highest BCUT2D eigenvalue weighted by molar-refractivity contribution is 7.28. The van der Waals surface area contributed by atoms with E-state index in [-0.39, 0.29) is 18.3 Å². The first kappa shape index (κ1) is 18.4. The number of hydrogen-bond donors (Lipinski definition) is 0. The van der Waals surface area contributed by atoms with Crippen molar-refractivity contribution >= 4 is 65.6 Å². The monoisotopic (exact) mass is 410 g/mol. The first-order valence-corrected chi connectivity index (χ1v) is 11.3. The van der Waals surface area contributed by atoms with Crippen LogP contribution in [0.2, 0.25) is 0 Å². The Hall–Kier alpha value is -2.40. The van der Waals surface area contributed by atoms with Crippen LogP contribution >= 0.6 is 11.3 Å². The molecule has 1 aliphatic heterocycles. The van der Waals surface area contributed by atoms with Crippen LogP contribution in [-0.4, -0.2) is 18.3 Å². The molecule has 6 rings (SSSR count). The van der Waals surface area contributed by atoms with E-state index >= 15 is 0 Å². The molecule has 1 fully saturated rings. The van der Waals surface area contributed by atoms with Gasteiger partial charge >= 0.3 is 7.12 Å². The van der Waals surface area contributed by atoms with Crippen LogP contribution in [0.1, 0.15) is 27.7 Å². The molecule has 0 radical (unpaired) electrons. The summed E-state index contributed by atoms with van der Waals surface area (Å²) in [6.45, 7) is 8.44. The number of rotatable bonds is 1. The highest BCUT2D eigenvalue weighted by Gasteiger charge is 2.52. The van der Waals surface area contributed by atoms with Crippen molar-refractivity contribution in [3.63, 3.8) is 0 Å². The summed E-state index contributed by atoms with van der Waals surface area (Å²) in [7, 11) is -0.357. The van der Waals surface area contributed by atoms with Crippen LogP contribution in [0.3, 0.4) is 0 Å². The van der Waals surface area contributed by atoms with Crippen LogP contribution in [-0.2, 0) is 9.31 Å². The number of fused-ring (bicyclic) bond motifs is 8. The van der Waals surface area contributed by atoms with Crippen molar-refractivity contribution in [3.05, 3.63) is 66.7 Å². The summed E-state index contributed by atoms with van der Waals surface area (Å²) in [5.74, 6) is 0. The van der Waals surface area contributed by atoms with Gasteiger partial charge in [-0.2, -0.15) is 0 Å². The van der Waals surface area contributed by atoms with Gasteiger partial charge in [0.2, 0.25) is 0 Å². The lowest BCUT2D eigenvalue weighted by atomic mass is 9.78. The summed E-state index contributed by atoms with van der Waals surface area (Å²) < 4.78 is 15.4. The molecule has 4 aromatic carbocycles. The zero-order valence-corrected chi connectivity index (χ0v) is 18.5. The maximum atomic E-state index is 6.41. The van der Waals surface area contributed by atoms with Crippen molar-refractivity contribution in [3.8, 4) is 0 Å². The van der Waals surface area contributed by atoms with Gasteiger partial charge in [0.15, 0.2) is 0 Å². The van der Waals surface area contributed by atoms with Crippen LogP contribution < -0.4 is 5.46 Å². The molecule has 1 saturated heterocycles. The Morgan fingerprint density at radius 2 is 1.13 bits per heavy atom. The molecule has 5 aromatic rings. The maximum Gasteiger partial charge on any atom is 0.496 e. The van der Waals surface area contributed by atoms with Crippen LogP contribution in [0.5, 0.6) is 0 Å². The Labute approximate surface area is 180 Å². The molecule has 1 aromatic heterocycles. The topological polar surface area (TPSA) is 18.5 Å². The van der Waals surface area contributed by atoms with Crippen molar-refractivity contribution in [2.45, 2.75) is 38.9 Å². The Morgan fingerprint density at radius 1 is 0.600 bits per heavy atom. The van der Waals surface area contributed by atoms with Crippen molar-refractivity contribution < 1.29 is 9.31 Å². The molecule has 0 N–H and O–H groups in total. The van der Waals surface area contributed by atoms with E-state index in [1.54, 1.807) is 0 Å². The fraction of sp³-hybridized carbons (Fsp3) is 0.231. The van der Waals surface area contributed by atoms with Crippen molar-refractivity contribution in [2.24, 2.45) is 0 Å². The molecule has 0 saturated carbocycles. The number of thiophene rings is 1. The quantitative estimate of drug-likeness (QED) is 0.227. The van der Waals surface area contributed by atoms with E-state index in [1.807, 2.05) is 11.3 Å². The Balaban J connectivity index is 1.72. The van der Waals surface area contributed by atoms with Crippen LogP contribution in [0.25, 0.3) is 41.7 Å². The SMILES string of the molecule is CC1(C)OB(c2cccc3c2sc2c4ccccc4c4ccccc4c32)OC1(C)C. The first-order chi connectivity index (χ1) is 14.4. The molecular formula is C26H23BO2S. The molecular weight excluding hydrogens is 387 g/mol. The van der Waals surface area contributed by atoms with E-state index in [0.717, 1.165) is 5.46 Å². The molecule has 30 heavy (non-hydrogen) atoms. The van der Waals surface area contributed by atoms with E-state index in [1.165, 1.54) is 41.7 Å². The van der Waals surface area contributed by atoms with Crippen LogP contribution in [0.15, 0.2) is 66.7 Å². The summed E-state index contributed by atoms with van der Waals surface area (Å²) in [6.07, 6.45) is 0. The van der Waals surface area contributed by atoms with Crippen molar-refractivity contribution in [1.29, 1.82) is 0 Å². The van der Waals surface area contributed by atoms with Crippen molar-refractivity contribution in [2.75, 3.05) is 0 Å². The lowest BCUT2D eigenvalue weighted by Gasteiger charge is -2.32. The third-order valence-corrected chi connectivity index (χ3v) is 8.20. The summed E-state index contributed by atoms with van der Waals surface area (Å²) >= 11 is 1.86. The third kappa shape index (κ3) is 2.39. The van der Waals surface area contributed by atoms with Gasteiger partial charge in [0, 0.05) is 31.0 Å². The minimum absolute atomic E-state index is 0.351. The van der Waals surface area contributed by atoms with Gasteiger partial charge in [-0.25, -0.2) is 0 Å². The van der Waals surface area contributed by atoms with Crippen molar-refractivity contribution in [1.82, 2.24) is 0 Å². The molecule has 0 unspecified atom stereocenters. The highest BCUT2D eigenvalue weighted by Crippen LogP contribution is 2.44. The van der Waals surface area contributed by atoms with Gasteiger partial charge in [-0.3, -0.25) is 0 Å². The summed E-state index contributed by atoms with van der Waals surface area (Å²) in [5.41, 5.74) is 0.423. The Morgan fingerprint density at radius 3 is 1.80 bits per heavy atom. The van der Waals surface area contributed by atoms with E-state index in [0.29, 0.717) is 0 Å². The summed E-state index contributed by atoms with van der Waals surface area (Å²) in [4.78, 5) is 0. The van der Waals surface area contributed by atoms with E-state index in [9.17, 15) is 0 Å². The summed E-state index contributed by atoms with van der Waals surface area (Å²) in [5, 5.41) is 7.85. The van der Waals surface area contributed by atoms with E-state index < -0.39 is 0 Å². The molecule has 2 nitrogen and oxygen atoms in total. The smallest absolute Gasteiger partial charge is 0.399 e. The lowest BCUT2D eigenvalue weighted by Crippen LogP contribution is -2.41. The van der Waals surface area contributed by atoms with Gasteiger partial charge in [0.25, 0.3) is 0 Å². The molecule has 0 amide bonds. The minimum Gasteiger partial charge on any atom is -0.399 e. The average Bonchev–Trinajstić information content (AvgIpc) is 3.22. The van der Waals surface area contributed by atoms with E-state index in [2.05, 4.69) is 94.4 Å². The normalized spacial score (nSPS) is 18.2. The zero-order valence-electron chi connectivity index (χ0n) is 17.7. The molecule has 0 spiro atoms. The summed E-state index contributed by atoms with van der Waals surface area (Å²) in [6, 6.07) is 24.0. The van der Waals surface area contributed by atoms with Gasteiger partial charge in [0.05, 0.1) is 11.2 Å². The second kappa shape index (κ2) is 6.07. The molecule has 0 atom stereocenters. The Bertz CT molecular complexity index is 1450. The molecule has 1 aliphatic rings. The minimum atomic E-state index is -0.357. The largest absolute Gasteiger partial charge is 0.496 e.